The average Bonchev–Trinajstić information content (AvgIpc) is 2.98. The third kappa shape index (κ3) is 4.42. The van der Waals surface area contributed by atoms with E-state index in [1.807, 2.05) is 66.7 Å². The zero-order valence-electron chi connectivity index (χ0n) is 19.6. The highest BCUT2D eigenvalue weighted by Crippen LogP contribution is 2.33. The highest BCUT2D eigenvalue weighted by Gasteiger charge is 2.13. The Hall–Kier alpha value is -4.89. The van der Waals surface area contributed by atoms with Gasteiger partial charge in [-0.15, -0.1) is 0 Å². The molecule has 0 aliphatic carbocycles. The van der Waals surface area contributed by atoms with E-state index in [1.165, 1.54) is 16.7 Å². The van der Waals surface area contributed by atoms with E-state index < -0.39 is 0 Å². The Morgan fingerprint density at radius 3 is 0.944 bits per heavy atom. The molecule has 6 rings (SSSR count). The second kappa shape index (κ2) is 9.77. The maximum absolute atomic E-state index is 4.84. The van der Waals surface area contributed by atoms with Gasteiger partial charge in [-0.05, 0) is 22.3 Å². The highest BCUT2D eigenvalue weighted by atomic mass is 15.0. The summed E-state index contributed by atoms with van der Waals surface area (Å²) in [7, 11) is 0. The van der Waals surface area contributed by atoms with E-state index in [4.69, 9.17) is 15.0 Å². The van der Waals surface area contributed by atoms with Gasteiger partial charge in [-0.3, -0.25) is 0 Å². The van der Waals surface area contributed by atoms with Crippen molar-refractivity contribution < 1.29 is 0 Å². The van der Waals surface area contributed by atoms with E-state index in [9.17, 15) is 0 Å². The minimum Gasteiger partial charge on any atom is -0.208 e. The lowest BCUT2D eigenvalue weighted by molar-refractivity contribution is 1.07. The zero-order chi connectivity index (χ0) is 24.2. The fourth-order valence-electron chi connectivity index (χ4n) is 4.34. The quantitative estimate of drug-likeness (QED) is 0.260. The van der Waals surface area contributed by atoms with Crippen molar-refractivity contribution in [3.8, 4) is 56.4 Å². The molecule has 0 saturated heterocycles. The second-order valence-corrected chi connectivity index (χ2v) is 8.53. The molecular weight excluding hydrogens is 438 g/mol. The molecule has 5 aromatic carbocycles. The number of aromatic nitrogens is 3. The van der Waals surface area contributed by atoms with Crippen LogP contribution >= 0.6 is 0 Å². The van der Waals surface area contributed by atoms with E-state index in [1.54, 1.807) is 0 Å². The molecule has 0 unspecified atom stereocenters. The van der Waals surface area contributed by atoms with Crippen LogP contribution in [0.5, 0.6) is 0 Å². The van der Waals surface area contributed by atoms with Crippen molar-refractivity contribution in [2.75, 3.05) is 0 Å². The Morgan fingerprint density at radius 2 is 0.528 bits per heavy atom. The van der Waals surface area contributed by atoms with Gasteiger partial charge in [-0.1, -0.05) is 140 Å². The first-order valence-corrected chi connectivity index (χ1v) is 12.0. The summed E-state index contributed by atoms with van der Waals surface area (Å²) in [4.78, 5) is 14.5. The van der Waals surface area contributed by atoms with Crippen LogP contribution in [0.25, 0.3) is 56.4 Å². The summed E-state index contributed by atoms with van der Waals surface area (Å²) in [6.45, 7) is 0. The summed E-state index contributed by atoms with van der Waals surface area (Å²) in [6, 6.07) is 47.6. The summed E-state index contributed by atoms with van der Waals surface area (Å²) in [5.74, 6) is 1.99. The van der Waals surface area contributed by atoms with Crippen molar-refractivity contribution >= 4 is 0 Å². The van der Waals surface area contributed by atoms with Crippen LogP contribution in [0.2, 0.25) is 0 Å². The molecule has 1 aromatic heterocycles. The third-order valence-corrected chi connectivity index (χ3v) is 6.17. The standard InChI is InChI=1S/C33H23N3/c1-4-12-24(13-5-1)29-18-10-11-19-30(29)25-20-22-28(23-21-25)33-35-31(26-14-6-2-7-15-26)34-32(36-33)27-16-8-3-9-17-27/h1-23H. The lowest BCUT2D eigenvalue weighted by atomic mass is 9.94. The predicted octanol–water partition coefficient (Wildman–Crippen LogP) is 8.21. The van der Waals surface area contributed by atoms with Crippen LogP contribution in [0.4, 0.5) is 0 Å². The van der Waals surface area contributed by atoms with Gasteiger partial charge < -0.3 is 0 Å². The fourth-order valence-corrected chi connectivity index (χ4v) is 4.34. The monoisotopic (exact) mass is 461 g/mol. The van der Waals surface area contributed by atoms with Crippen LogP contribution in [-0.2, 0) is 0 Å². The smallest absolute Gasteiger partial charge is 0.164 e. The van der Waals surface area contributed by atoms with Crippen LogP contribution < -0.4 is 0 Å². The van der Waals surface area contributed by atoms with E-state index in [2.05, 4.69) is 72.8 Å². The van der Waals surface area contributed by atoms with Gasteiger partial charge in [0.25, 0.3) is 0 Å². The maximum atomic E-state index is 4.84. The van der Waals surface area contributed by atoms with Crippen LogP contribution in [-0.4, -0.2) is 15.0 Å². The van der Waals surface area contributed by atoms with Crippen molar-refractivity contribution in [2.24, 2.45) is 0 Å². The fraction of sp³-hybridized carbons (Fsp3) is 0. The summed E-state index contributed by atoms with van der Waals surface area (Å²) >= 11 is 0. The van der Waals surface area contributed by atoms with Crippen molar-refractivity contribution in [3.63, 3.8) is 0 Å². The van der Waals surface area contributed by atoms with Gasteiger partial charge in [0, 0.05) is 16.7 Å². The summed E-state index contributed by atoms with van der Waals surface area (Å²) in [5.41, 5.74) is 7.64. The van der Waals surface area contributed by atoms with Crippen molar-refractivity contribution in [1.82, 2.24) is 15.0 Å². The Bertz CT molecular complexity index is 1540. The minimum atomic E-state index is 0.658. The van der Waals surface area contributed by atoms with Crippen molar-refractivity contribution in [3.05, 3.63) is 140 Å². The molecule has 0 aliphatic rings. The highest BCUT2D eigenvalue weighted by molar-refractivity contribution is 5.84. The first kappa shape index (κ1) is 21.6. The average molecular weight is 462 g/mol. The van der Waals surface area contributed by atoms with E-state index in [-0.39, 0.29) is 0 Å². The van der Waals surface area contributed by atoms with E-state index in [0.29, 0.717) is 17.5 Å². The zero-order valence-corrected chi connectivity index (χ0v) is 19.6. The third-order valence-electron chi connectivity index (χ3n) is 6.17. The molecule has 0 saturated carbocycles. The van der Waals surface area contributed by atoms with Crippen molar-refractivity contribution in [1.29, 1.82) is 0 Å². The topological polar surface area (TPSA) is 38.7 Å². The molecule has 3 heteroatoms. The van der Waals surface area contributed by atoms with Crippen molar-refractivity contribution in [2.45, 2.75) is 0 Å². The molecule has 1 heterocycles. The van der Waals surface area contributed by atoms with Crippen LogP contribution in [0, 0.1) is 0 Å². The molecule has 0 atom stereocenters. The Balaban J connectivity index is 1.42. The SMILES string of the molecule is c1ccc(-c2nc(-c3ccccc3)nc(-c3ccc(-c4ccccc4-c4ccccc4)cc3)n2)cc1. The maximum Gasteiger partial charge on any atom is 0.164 e. The molecule has 0 spiro atoms. The van der Waals surface area contributed by atoms with E-state index in [0.717, 1.165) is 22.3 Å². The summed E-state index contributed by atoms with van der Waals surface area (Å²) < 4.78 is 0. The molecular formula is C33H23N3. The Labute approximate surface area is 210 Å². The summed E-state index contributed by atoms with van der Waals surface area (Å²) in [5, 5.41) is 0. The molecule has 3 nitrogen and oxygen atoms in total. The van der Waals surface area contributed by atoms with Gasteiger partial charge in [-0.2, -0.15) is 0 Å². The van der Waals surface area contributed by atoms with Crippen LogP contribution in [0.1, 0.15) is 0 Å². The second-order valence-electron chi connectivity index (χ2n) is 8.53. The Morgan fingerprint density at radius 1 is 0.250 bits per heavy atom. The van der Waals surface area contributed by atoms with Gasteiger partial charge in [-0.25, -0.2) is 15.0 Å². The molecule has 0 N–H and O–H groups in total. The number of hydrogen-bond acceptors (Lipinski definition) is 3. The first-order chi connectivity index (χ1) is 17.8. The predicted molar refractivity (Wildman–Crippen MR) is 147 cm³/mol. The Kier molecular flexibility index (Phi) is 5.87. The molecule has 0 aliphatic heterocycles. The van der Waals surface area contributed by atoms with Gasteiger partial charge in [0.1, 0.15) is 0 Å². The molecule has 170 valence electrons. The van der Waals surface area contributed by atoms with E-state index >= 15 is 0 Å². The lowest BCUT2D eigenvalue weighted by Crippen LogP contribution is -2.00. The van der Waals surface area contributed by atoms with Gasteiger partial charge in [0.15, 0.2) is 17.5 Å². The largest absolute Gasteiger partial charge is 0.208 e. The number of nitrogens with zero attached hydrogens (tertiary/aromatic N) is 3. The number of hydrogen-bond donors (Lipinski definition) is 0. The van der Waals surface area contributed by atoms with Gasteiger partial charge in [0.2, 0.25) is 0 Å². The first-order valence-electron chi connectivity index (χ1n) is 12.0. The van der Waals surface area contributed by atoms with Gasteiger partial charge >= 0.3 is 0 Å². The molecule has 6 aromatic rings. The number of benzene rings is 5. The van der Waals surface area contributed by atoms with Crippen LogP contribution in [0.15, 0.2) is 140 Å². The van der Waals surface area contributed by atoms with Gasteiger partial charge in [0.05, 0.1) is 0 Å². The summed E-state index contributed by atoms with van der Waals surface area (Å²) in [6.07, 6.45) is 0. The minimum absolute atomic E-state index is 0.658. The molecule has 36 heavy (non-hydrogen) atoms. The van der Waals surface area contributed by atoms with Crippen LogP contribution in [0.3, 0.4) is 0 Å². The molecule has 0 radical (unpaired) electrons. The normalized spacial score (nSPS) is 10.8. The molecule has 0 fully saturated rings. The lowest BCUT2D eigenvalue weighted by Gasteiger charge is -2.11. The number of rotatable bonds is 5. The molecule has 0 amide bonds. The molecule has 0 bridgehead atoms.